The van der Waals surface area contributed by atoms with Gasteiger partial charge in [0, 0.05) is 26.0 Å². The van der Waals surface area contributed by atoms with Gasteiger partial charge in [-0.3, -0.25) is 9.59 Å². The van der Waals surface area contributed by atoms with Crippen LogP contribution in [0.15, 0.2) is 53.6 Å². The molecule has 7 heteroatoms. The molecule has 0 saturated heterocycles. The maximum atomic E-state index is 13.3. The van der Waals surface area contributed by atoms with Crippen molar-refractivity contribution in [1.29, 1.82) is 0 Å². The minimum atomic E-state index is -0.366. The van der Waals surface area contributed by atoms with Gasteiger partial charge in [-0.2, -0.15) is 5.10 Å². The zero-order chi connectivity index (χ0) is 20.3. The molecule has 1 aliphatic rings. The van der Waals surface area contributed by atoms with Gasteiger partial charge in [0.1, 0.15) is 18.1 Å². The van der Waals surface area contributed by atoms with E-state index in [1.807, 2.05) is 24.3 Å². The molecule has 1 atom stereocenters. The van der Waals surface area contributed by atoms with Crippen molar-refractivity contribution < 1.29 is 18.7 Å². The highest BCUT2D eigenvalue weighted by atomic mass is 19.1. The molecular formula is C21H22FN3O3. The fraction of sp³-hybridized carbons (Fsp3) is 0.286. The predicted molar refractivity (Wildman–Crippen MR) is 103 cm³/mol. The van der Waals surface area contributed by atoms with Crippen molar-refractivity contribution in [1.82, 2.24) is 9.91 Å². The van der Waals surface area contributed by atoms with Gasteiger partial charge in [-0.25, -0.2) is 9.40 Å². The van der Waals surface area contributed by atoms with E-state index in [0.29, 0.717) is 12.2 Å². The number of carbonyl (C=O) groups excluding carboxylic acids is 2. The highest BCUT2D eigenvalue weighted by molar-refractivity contribution is 6.03. The van der Waals surface area contributed by atoms with Crippen LogP contribution in [0, 0.1) is 5.82 Å². The van der Waals surface area contributed by atoms with Crippen molar-refractivity contribution >= 4 is 17.5 Å². The number of likely N-dealkylation sites (N-methyl/N-ethyl adjacent to an activating group) is 1. The average molecular weight is 383 g/mol. The molecule has 0 spiro atoms. The maximum absolute atomic E-state index is 13.3. The van der Waals surface area contributed by atoms with Gasteiger partial charge in [0.05, 0.1) is 18.9 Å². The van der Waals surface area contributed by atoms with Crippen LogP contribution in [0.1, 0.15) is 30.5 Å². The molecule has 2 aromatic rings. The number of carbonyl (C=O) groups is 2. The van der Waals surface area contributed by atoms with Crippen molar-refractivity contribution in [2.75, 3.05) is 20.7 Å². The van der Waals surface area contributed by atoms with Gasteiger partial charge in [0.15, 0.2) is 0 Å². The fourth-order valence-electron chi connectivity index (χ4n) is 3.05. The van der Waals surface area contributed by atoms with Crippen LogP contribution in [0.5, 0.6) is 5.75 Å². The van der Waals surface area contributed by atoms with Crippen LogP contribution in [0.3, 0.4) is 0 Å². The molecule has 0 unspecified atom stereocenters. The number of benzene rings is 2. The van der Waals surface area contributed by atoms with E-state index >= 15 is 0 Å². The summed E-state index contributed by atoms with van der Waals surface area (Å²) in [6, 6.07) is 13.1. The molecule has 146 valence electrons. The standard InChI is InChI=1S/C21H22FN3O3/c1-14(26)24(2)13-21(27)25-20(15-7-9-17(22)10-8-15)12-19(23-25)16-5-4-6-18(11-16)28-3/h4-11,20H,12-13H2,1-3H3/t20-/m0/s1. The van der Waals surface area contributed by atoms with Crippen molar-refractivity contribution in [2.24, 2.45) is 5.10 Å². The van der Waals surface area contributed by atoms with Gasteiger partial charge in [0.25, 0.3) is 5.91 Å². The molecule has 0 N–H and O–H groups in total. The molecule has 0 aromatic heterocycles. The summed E-state index contributed by atoms with van der Waals surface area (Å²) in [7, 11) is 3.15. The Bertz CT molecular complexity index is 911. The molecule has 3 rings (SSSR count). The van der Waals surface area contributed by atoms with E-state index in [9.17, 15) is 14.0 Å². The summed E-state index contributed by atoms with van der Waals surface area (Å²) in [4.78, 5) is 25.7. The van der Waals surface area contributed by atoms with Crippen LogP contribution in [-0.2, 0) is 9.59 Å². The third kappa shape index (κ3) is 4.19. The molecule has 0 aliphatic carbocycles. The molecule has 28 heavy (non-hydrogen) atoms. The second-order valence-corrected chi connectivity index (χ2v) is 6.66. The van der Waals surface area contributed by atoms with Crippen LogP contribution in [0.2, 0.25) is 0 Å². The molecule has 1 heterocycles. The Morgan fingerprint density at radius 1 is 1.25 bits per heavy atom. The first-order valence-corrected chi connectivity index (χ1v) is 8.90. The lowest BCUT2D eigenvalue weighted by Gasteiger charge is -2.24. The fourth-order valence-corrected chi connectivity index (χ4v) is 3.05. The van der Waals surface area contributed by atoms with Gasteiger partial charge in [0.2, 0.25) is 5.91 Å². The quantitative estimate of drug-likeness (QED) is 0.797. The summed E-state index contributed by atoms with van der Waals surface area (Å²) >= 11 is 0. The highest BCUT2D eigenvalue weighted by Gasteiger charge is 2.33. The summed E-state index contributed by atoms with van der Waals surface area (Å²) in [6.45, 7) is 1.32. The van der Waals surface area contributed by atoms with Crippen molar-refractivity contribution in [3.05, 3.63) is 65.5 Å². The first kappa shape index (κ1) is 19.5. The number of rotatable bonds is 5. The van der Waals surface area contributed by atoms with E-state index in [1.54, 1.807) is 26.3 Å². The van der Waals surface area contributed by atoms with Crippen LogP contribution < -0.4 is 4.74 Å². The predicted octanol–water partition coefficient (Wildman–Crippen LogP) is 2.99. The van der Waals surface area contributed by atoms with Gasteiger partial charge in [-0.1, -0.05) is 24.3 Å². The average Bonchev–Trinajstić information content (AvgIpc) is 3.14. The summed E-state index contributed by atoms with van der Waals surface area (Å²) < 4.78 is 18.6. The zero-order valence-corrected chi connectivity index (χ0v) is 16.1. The highest BCUT2D eigenvalue weighted by Crippen LogP contribution is 2.33. The number of ether oxygens (including phenoxy) is 1. The molecule has 0 fully saturated rings. The lowest BCUT2D eigenvalue weighted by molar-refractivity contribution is -0.139. The SMILES string of the molecule is COc1cccc(C2=NN(C(=O)CN(C)C(C)=O)[C@H](c3ccc(F)cc3)C2)c1. The number of halogens is 1. The van der Waals surface area contributed by atoms with Crippen LogP contribution in [0.4, 0.5) is 4.39 Å². The van der Waals surface area contributed by atoms with Gasteiger partial charge < -0.3 is 9.64 Å². The third-order valence-electron chi connectivity index (χ3n) is 4.73. The van der Waals surface area contributed by atoms with Crippen molar-refractivity contribution in [2.45, 2.75) is 19.4 Å². The normalized spacial score (nSPS) is 15.9. The van der Waals surface area contributed by atoms with Crippen molar-refractivity contribution in [3.63, 3.8) is 0 Å². The van der Waals surface area contributed by atoms with Crippen LogP contribution >= 0.6 is 0 Å². The molecule has 0 radical (unpaired) electrons. The number of amides is 2. The number of nitrogens with zero attached hydrogens (tertiary/aromatic N) is 3. The minimum Gasteiger partial charge on any atom is -0.497 e. The summed E-state index contributed by atoms with van der Waals surface area (Å²) in [5.74, 6) is -0.155. The third-order valence-corrected chi connectivity index (χ3v) is 4.73. The number of hydrogen-bond donors (Lipinski definition) is 0. The smallest absolute Gasteiger partial charge is 0.262 e. The van der Waals surface area contributed by atoms with E-state index in [-0.39, 0.29) is 30.2 Å². The summed E-state index contributed by atoms with van der Waals surface area (Å²) in [6.07, 6.45) is 0.480. The Morgan fingerprint density at radius 2 is 1.96 bits per heavy atom. The molecular weight excluding hydrogens is 361 g/mol. The van der Waals surface area contributed by atoms with E-state index in [2.05, 4.69) is 5.10 Å². The van der Waals surface area contributed by atoms with Gasteiger partial charge in [-0.15, -0.1) is 0 Å². The Hall–Kier alpha value is -3.22. The first-order valence-electron chi connectivity index (χ1n) is 8.90. The van der Waals surface area contributed by atoms with Crippen LogP contribution in [-0.4, -0.2) is 48.1 Å². The number of hydrogen-bond acceptors (Lipinski definition) is 4. The molecule has 2 aromatic carbocycles. The topological polar surface area (TPSA) is 62.2 Å². The van der Waals surface area contributed by atoms with Crippen LogP contribution in [0.25, 0.3) is 0 Å². The monoisotopic (exact) mass is 383 g/mol. The maximum Gasteiger partial charge on any atom is 0.262 e. The van der Waals surface area contributed by atoms with Crippen molar-refractivity contribution in [3.8, 4) is 5.75 Å². The second kappa shape index (κ2) is 8.21. The Morgan fingerprint density at radius 3 is 2.61 bits per heavy atom. The summed E-state index contributed by atoms with van der Waals surface area (Å²) in [5.41, 5.74) is 2.36. The van der Waals surface area contributed by atoms with E-state index in [0.717, 1.165) is 16.8 Å². The second-order valence-electron chi connectivity index (χ2n) is 6.66. The van der Waals surface area contributed by atoms with E-state index in [1.165, 1.54) is 29.0 Å². The number of methoxy groups -OCH3 is 1. The number of hydrazone groups is 1. The molecule has 6 nitrogen and oxygen atoms in total. The van der Waals surface area contributed by atoms with E-state index < -0.39 is 0 Å². The molecule has 0 bridgehead atoms. The first-order chi connectivity index (χ1) is 13.4. The molecule has 0 saturated carbocycles. The minimum absolute atomic E-state index is 0.0814. The van der Waals surface area contributed by atoms with Gasteiger partial charge in [-0.05, 0) is 29.8 Å². The Kier molecular flexibility index (Phi) is 5.73. The lowest BCUT2D eigenvalue weighted by Crippen LogP contribution is -2.38. The summed E-state index contributed by atoms with van der Waals surface area (Å²) in [5, 5.41) is 5.93. The Labute approximate surface area is 163 Å². The lowest BCUT2D eigenvalue weighted by atomic mass is 9.98. The zero-order valence-electron chi connectivity index (χ0n) is 16.1. The van der Waals surface area contributed by atoms with E-state index in [4.69, 9.17) is 4.74 Å². The molecule has 2 amide bonds. The molecule has 1 aliphatic heterocycles. The largest absolute Gasteiger partial charge is 0.497 e. The Balaban J connectivity index is 1.93. The van der Waals surface area contributed by atoms with Gasteiger partial charge >= 0.3 is 0 Å².